The predicted molar refractivity (Wildman–Crippen MR) is 340 cm³/mol. The van der Waals surface area contributed by atoms with Gasteiger partial charge in [-0.05, 0) is 127 Å². The average Bonchev–Trinajstić information content (AvgIpc) is 3.58. The third kappa shape index (κ3) is 48.7. The van der Waals surface area contributed by atoms with Crippen LogP contribution in [-0.4, -0.2) is 217 Å². The fourth-order valence-electron chi connectivity index (χ4n) is 9.44. The van der Waals surface area contributed by atoms with Crippen molar-refractivity contribution < 1.29 is 68.1 Å². The summed E-state index contributed by atoms with van der Waals surface area (Å²) in [4.78, 5) is 70.4. The van der Waals surface area contributed by atoms with Crippen LogP contribution in [0.5, 0.6) is 0 Å². The number of aliphatic hydroxyl groups is 4. The molecule has 5 atom stereocenters. The molecular formula is C64H122N4O14S2. The number of carbonyl (C=O) groups excluding carboxylic acids is 5. The van der Waals surface area contributed by atoms with Crippen LogP contribution in [0.4, 0.5) is 0 Å². The second kappa shape index (κ2) is 51.6. The zero-order chi connectivity index (χ0) is 62.3. The van der Waals surface area contributed by atoms with Gasteiger partial charge in [-0.25, -0.2) is 0 Å². The van der Waals surface area contributed by atoms with E-state index in [1.165, 1.54) is 0 Å². The largest absolute Gasteiger partial charge is 0.466 e. The van der Waals surface area contributed by atoms with Crippen molar-refractivity contribution in [1.29, 1.82) is 0 Å². The molecule has 0 aliphatic carbocycles. The molecule has 1 saturated heterocycles. The van der Waals surface area contributed by atoms with Crippen LogP contribution in [0, 0.1) is 23.7 Å². The minimum Gasteiger partial charge on any atom is -0.466 e. The summed E-state index contributed by atoms with van der Waals surface area (Å²) in [6.45, 7) is 28.4. The van der Waals surface area contributed by atoms with Crippen molar-refractivity contribution in [2.24, 2.45) is 23.7 Å². The first-order chi connectivity index (χ1) is 40.1. The van der Waals surface area contributed by atoms with E-state index in [2.05, 4.69) is 77.0 Å². The molecule has 1 aliphatic rings. The molecule has 20 heteroatoms. The van der Waals surface area contributed by atoms with Crippen LogP contribution in [0.3, 0.4) is 0 Å². The molecule has 0 amide bonds. The number of ether oxygens (including phenoxy) is 5. The van der Waals surface area contributed by atoms with E-state index in [0.717, 1.165) is 76.3 Å². The monoisotopic (exact) mass is 1230 g/mol. The van der Waals surface area contributed by atoms with Gasteiger partial charge in [0, 0.05) is 115 Å². The van der Waals surface area contributed by atoms with E-state index in [1.54, 1.807) is 0 Å². The van der Waals surface area contributed by atoms with Crippen molar-refractivity contribution in [2.45, 2.75) is 240 Å². The first-order valence-electron chi connectivity index (χ1n) is 32.8. The summed E-state index contributed by atoms with van der Waals surface area (Å²) in [7, 11) is 3.73. The van der Waals surface area contributed by atoms with Crippen LogP contribution < -0.4 is 0 Å². The summed E-state index contributed by atoms with van der Waals surface area (Å²) in [6.07, 6.45) is 11.4. The molecule has 0 saturated carbocycles. The van der Waals surface area contributed by atoms with Crippen LogP contribution in [-0.2, 0) is 47.7 Å². The van der Waals surface area contributed by atoms with Crippen molar-refractivity contribution in [3.05, 3.63) is 0 Å². The molecular weight excluding hydrogens is 1110 g/mol. The summed E-state index contributed by atoms with van der Waals surface area (Å²) in [5.74, 6) is 2.76. The molecule has 5 unspecified atom stereocenters. The fraction of sp³-hybridized carbons (Fsp3) is 0.922. The maximum atomic E-state index is 12.9. The van der Waals surface area contributed by atoms with Gasteiger partial charge < -0.3 is 44.1 Å². The van der Waals surface area contributed by atoms with Crippen LogP contribution in [0.25, 0.3) is 0 Å². The number of esters is 5. The summed E-state index contributed by atoms with van der Waals surface area (Å²) >= 11 is 0. The van der Waals surface area contributed by atoms with E-state index >= 15 is 0 Å². The lowest BCUT2D eigenvalue weighted by molar-refractivity contribution is -0.145. The topological polar surface area (TPSA) is 225 Å². The van der Waals surface area contributed by atoms with Gasteiger partial charge in [-0.3, -0.25) is 43.6 Å². The van der Waals surface area contributed by atoms with Gasteiger partial charge in [0.15, 0.2) is 0 Å². The molecule has 494 valence electrons. The van der Waals surface area contributed by atoms with Gasteiger partial charge in [0.25, 0.3) is 0 Å². The van der Waals surface area contributed by atoms with Crippen molar-refractivity contribution >= 4 is 51.4 Å². The van der Waals surface area contributed by atoms with Crippen LogP contribution >= 0.6 is 21.6 Å². The molecule has 0 radical (unpaired) electrons. The second-order valence-corrected chi connectivity index (χ2v) is 27.9. The highest BCUT2D eigenvalue weighted by molar-refractivity contribution is 8.76. The maximum Gasteiger partial charge on any atom is 0.305 e. The third-order valence-corrected chi connectivity index (χ3v) is 17.6. The van der Waals surface area contributed by atoms with Crippen LogP contribution in [0.2, 0.25) is 0 Å². The number of hydrogen-bond donors (Lipinski definition) is 4. The highest BCUT2D eigenvalue weighted by Crippen LogP contribution is 2.25. The predicted octanol–water partition coefficient (Wildman–Crippen LogP) is 9.73. The standard InChI is InChI=1S/C64H122N4O14S2/c1-51(2)28-40-78-60(73)23-14-10-19-56(69)47-67(48-57(70)20-11-15-24-61(74)79-41-29-52(3)4)33-18-27-64(77)82-44-38-65-34-36-66(37-35-65)39-46-84-83-45-32-55(9)68(49-58(71)21-12-16-25-62(75)80-42-30-53(5)6)50-59(72)22-13-17-26-63(76)81-43-31-54(7)8/h51-59,69-72H,10-50H2,1-9H3. The summed E-state index contributed by atoms with van der Waals surface area (Å²) < 4.78 is 27.0. The van der Waals surface area contributed by atoms with E-state index in [4.69, 9.17) is 23.7 Å². The molecule has 1 rings (SSSR count). The molecule has 4 N–H and O–H groups in total. The maximum absolute atomic E-state index is 12.9. The summed E-state index contributed by atoms with van der Waals surface area (Å²) in [6, 6.07) is 0.140. The smallest absolute Gasteiger partial charge is 0.305 e. The Morgan fingerprint density at radius 2 is 0.690 bits per heavy atom. The van der Waals surface area contributed by atoms with Crippen LogP contribution in [0.15, 0.2) is 0 Å². The van der Waals surface area contributed by atoms with E-state index in [0.29, 0.717) is 205 Å². The first kappa shape index (κ1) is 79.7. The van der Waals surface area contributed by atoms with Crippen molar-refractivity contribution in [1.82, 2.24) is 19.6 Å². The quantitative estimate of drug-likeness (QED) is 0.0192. The van der Waals surface area contributed by atoms with Crippen molar-refractivity contribution in [2.75, 3.05) is 117 Å². The van der Waals surface area contributed by atoms with E-state index in [-0.39, 0.29) is 42.3 Å². The minimum absolute atomic E-state index is 0.140. The number of aliphatic hydroxyl groups excluding tert-OH is 4. The second-order valence-electron chi connectivity index (χ2n) is 25.2. The Labute approximate surface area is 517 Å². The number of rotatable bonds is 55. The number of nitrogens with zero attached hydrogens (tertiary/aromatic N) is 4. The zero-order valence-corrected chi connectivity index (χ0v) is 55.8. The Balaban J connectivity index is 2.51. The highest BCUT2D eigenvalue weighted by atomic mass is 33.1. The number of unbranched alkanes of at least 4 members (excludes halogenated alkanes) is 4. The fourth-order valence-corrected chi connectivity index (χ4v) is 11.7. The molecule has 0 aromatic rings. The first-order valence-corrected chi connectivity index (χ1v) is 35.3. The Morgan fingerprint density at radius 3 is 1.05 bits per heavy atom. The molecule has 18 nitrogen and oxygen atoms in total. The Kier molecular flexibility index (Phi) is 49.0. The van der Waals surface area contributed by atoms with Crippen molar-refractivity contribution in [3.8, 4) is 0 Å². The Morgan fingerprint density at radius 1 is 0.381 bits per heavy atom. The number of hydrogen-bond acceptors (Lipinski definition) is 20. The van der Waals surface area contributed by atoms with Gasteiger partial charge in [0.05, 0.1) is 50.8 Å². The molecule has 1 aliphatic heterocycles. The molecule has 1 heterocycles. The van der Waals surface area contributed by atoms with Gasteiger partial charge in [0.2, 0.25) is 0 Å². The molecule has 1 fully saturated rings. The van der Waals surface area contributed by atoms with Gasteiger partial charge in [-0.1, -0.05) is 103 Å². The van der Waals surface area contributed by atoms with Gasteiger partial charge in [0.1, 0.15) is 6.61 Å². The lowest BCUT2D eigenvalue weighted by Gasteiger charge is -2.34. The van der Waals surface area contributed by atoms with Crippen LogP contribution in [0.1, 0.15) is 210 Å². The van der Waals surface area contributed by atoms with Gasteiger partial charge in [-0.2, -0.15) is 0 Å². The van der Waals surface area contributed by atoms with E-state index in [9.17, 15) is 44.4 Å². The molecule has 0 bridgehead atoms. The molecule has 0 aromatic carbocycles. The van der Waals surface area contributed by atoms with E-state index < -0.39 is 24.4 Å². The summed E-state index contributed by atoms with van der Waals surface area (Å²) in [5.41, 5.74) is 0. The third-order valence-electron chi connectivity index (χ3n) is 15.1. The van der Waals surface area contributed by atoms with E-state index in [1.807, 2.05) is 26.5 Å². The zero-order valence-electron chi connectivity index (χ0n) is 54.2. The summed E-state index contributed by atoms with van der Waals surface area (Å²) in [5, 5.41) is 44.2. The molecule has 84 heavy (non-hydrogen) atoms. The SMILES string of the molecule is CC(C)CCOC(=O)CCCCC(O)CN(CCCC(=O)OCCN1CCN(CCSSCCC(C)N(CC(O)CCCCC(=O)OCCC(C)C)CC(O)CCCCC(=O)OCCC(C)C)CC1)CC(O)CCCCC(=O)OCCC(C)C. The normalized spacial score (nSPS) is 15.3. The average molecular weight is 1240 g/mol. The highest BCUT2D eigenvalue weighted by Gasteiger charge is 2.23. The van der Waals surface area contributed by atoms with Gasteiger partial charge in [-0.15, -0.1) is 0 Å². The lowest BCUT2D eigenvalue weighted by Crippen LogP contribution is -2.47. The van der Waals surface area contributed by atoms with Crippen molar-refractivity contribution in [3.63, 3.8) is 0 Å². The Bertz CT molecular complexity index is 1580. The lowest BCUT2D eigenvalue weighted by atomic mass is 10.1. The minimum atomic E-state index is -0.655. The number of carbonyl (C=O) groups is 5. The Hall–Kier alpha value is -2.27. The van der Waals surface area contributed by atoms with Gasteiger partial charge >= 0.3 is 29.8 Å². The molecule has 0 spiro atoms. The number of piperazine rings is 1. The molecule has 0 aromatic heterocycles.